The summed E-state index contributed by atoms with van der Waals surface area (Å²) < 4.78 is 5.95. The van der Waals surface area contributed by atoms with E-state index in [0.29, 0.717) is 30.6 Å². The minimum Gasteiger partial charge on any atom is -0.489 e. The maximum Gasteiger partial charge on any atom is 0.322 e. The molecule has 1 N–H and O–H groups in total. The van der Waals surface area contributed by atoms with Gasteiger partial charge in [0.2, 0.25) is 0 Å². The van der Waals surface area contributed by atoms with Gasteiger partial charge in [-0.15, -0.1) is 0 Å². The Balaban J connectivity index is 1.88. The highest BCUT2D eigenvalue weighted by molar-refractivity contribution is 5.89. The highest BCUT2D eigenvalue weighted by atomic mass is 16.5. The molecule has 0 unspecified atom stereocenters. The fourth-order valence-corrected chi connectivity index (χ4v) is 2.81. The molecule has 0 bridgehead atoms. The molecule has 24 heavy (non-hydrogen) atoms. The molecule has 1 heterocycles. The van der Waals surface area contributed by atoms with Crippen LogP contribution in [0.4, 0.5) is 10.6 Å². The largest absolute Gasteiger partial charge is 0.489 e. The first kappa shape index (κ1) is 18.5. The van der Waals surface area contributed by atoms with Crippen LogP contribution in [0.25, 0.3) is 0 Å². The van der Waals surface area contributed by atoms with Crippen molar-refractivity contribution in [2.75, 3.05) is 46.2 Å². The van der Waals surface area contributed by atoms with E-state index >= 15 is 0 Å². The zero-order chi connectivity index (χ0) is 17.4. The number of aromatic nitrogens is 1. The van der Waals surface area contributed by atoms with Gasteiger partial charge in [0.15, 0.2) is 11.6 Å². The average Bonchev–Trinajstić information content (AvgIpc) is 2.59. The van der Waals surface area contributed by atoms with Crippen molar-refractivity contribution in [3.05, 3.63) is 18.3 Å². The van der Waals surface area contributed by atoms with Gasteiger partial charge in [0.05, 0.1) is 6.61 Å². The van der Waals surface area contributed by atoms with Gasteiger partial charge in [0.25, 0.3) is 0 Å². The number of carbonyl (C=O) groups excluding carboxylic acids is 1. The smallest absolute Gasteiger partial charge is 0.322 e. The Bertz CT molecular complexity index is 515. The molecule has 1 aromatic rings. The number of ether oxygens (including phenoxy) is 1. The Morgan fingerprint density at radius 3 is 2.71 bits per heavy atom. The maximum atomic E-state index is 12.3. The van der Waals surface area contributed by atoms with Crippen molar-refractivity contribution >= 4 is 11.8 Å². The van der Waals surface area contributed by atoms with Gasteiger partial charge < -0.3 is 14.5 Å². The van der Waals surface area contributed by atoms with E-state index in [-0.39, 0.29) is 6.03 Å². The Morgan fingerprint density at radius 1 is 1.25 bits per heavy atom. The van der Waals surface area contributed by atoms with Crippen molar-refractivity contribution in [3.8, 4) is 5.75 Å². The van der Waals surface area contributed by atoms with Crippen LogP contribution in [0.5, 0.6) is 5.75 Å². The lowest BCUT2D eigenvalue weighted by molar-refractivity contribution is 0.207. The van der Waals surface area contributed by atoms with E-state index in [4.69, 9.17) is 4.74 Å². The van der Waals surface area contributed by atoms with Gasteiger partial charge in [0.1, 0.15) is 0 Å². The van der Waals surface area contributed by atoms with Crippen LogP contribution in [-0.4, -0.2) is 61.7 Å². The number of carbonyl (C=O) groups is 1. The quantitative estimate of drug-likeness (QED) is 0.832. The zero-order valence-corrected chi connectivity index (χ0v) is 15.1. The zero-order valence-electron chi connectivity index (χ0n) is 15.1. The van der Waals surface area contributed by atoms with Crippen molar-refractivity contribution in [1.82, 2.24) is 14.8 Å². The van der Waals surface area contributed by atoms with Crippen LogP contribution in [0.1, 0.15) is 32.1 Å². The summed E-state index contributed by atoms with van der Waals surface area (Å²) in [5, 5.41) is 2.85. The molecule has 0 aromatic carbocycles. The van der Waals surface area contributed by atoms with Crippen molar-refractivity contribution in [2.24, 2.45) is 5.92 Å². The molecule has 1 aliphatic carbocycles. The third kappa shape index (κ3) is 6.00. The number of pyridine rings is 1. The van der Waals surface area contributed by atoms with Crippen molar-refractivity contribution in [3.63, 3.8) is 0 Å². The summed E-state index contributed by atoms with van der Waals surface area (Å²) in [6, 6.07) is 3.53. The van der Waals surface area contributed by atoms with Crippen LogP contribution in [0.15, 0.2) is 18.3 Å². The van der Waals surface area contributed by atoms with E-state index in [0.717, 1.165) is 6.54 Å². The third-order valence-electron chi connectivity index (χ3n) is 4.42. The van der Waals surface area contributed by atoms with Crippen molar-refractivity contribution in [2.45, 2.75) is 32.1 Å². The predicted molar refractivity (Wildman–Crippen MR) is 96.5 cm³/mol. The number of nitrogens with one attached hydrogen (secondary N) is 1. The lowest BCUT2D eigenvalue weighted by Gasteiger charge is -2.23. The summed E-state index contributed by atoms with van der Waals surface area (Å²) in [4.78, 5) is 20.2. The monoisotopic (exact) mass is 334 g/mol. The second kappa shape index (κ2) is 9.47. The Kier molecular flexibility index (Phi) is 7.31. The first-order chi connectivity index (χ1) is 11.6. The maximum absolute atomic E-state index is 12.3. The molecule has 2 rings (SSSR count). The van der Waals surface area contributed by atoms with E-state index in [2.05, 4.69) is 10.3 Å². The van der Waals surface area contributed by atoms with E-state index in [1.54, 1.807) is 18.1 Å². The summed E-state index contributed by atoms with van der Waals surface area (Å²) >= 11 is 0. The second-order valence-electron chi connectivity index (χ2n) is 6.82. The summed E-state index contributed by atoms with van der Waals surface area (Å²) in [6.07, 6.45) is 8.06. The fourth-order valence-electron chi connectivity index (χ4n) is 2.81. The van der Waals surface area contributed by atoms with Crippen LogP contribution < -0.4 is 10.1 Å². The van der Waals surface area contributed by atoms with Crippen molar-refractivity contribution in [1.29, 1.82) is 0 Å². The normalized spacial score (nSPS) is 15.3. The molecule has 1 aromatic heterocycles. The molecule has 1 aliphatic rings. The Morgan fingerprint density at radius 2 is 2.00 bits per heavy atom. The van der Waals surface area contributed by atoms with Crippen molar-refractivity contribution < 1.29 is 9.53 Å². The Hall–Kier alpha value is -1.82. The molecule has 6 nitrogen and oxygen atoms in total. The predicted octanol–water partition coefficient (Wildman–Crippen LogP) is 3.07. The molecule has 6 heteroatoms. The van der Waals surface area contributed by atoms with Crippen LogP contribution in [0, 0.1) is 5.92 Å². The van der Waals surface area contributed by atoms with Gasteiger partial charge in [-0.25, -0.2) is 9.78 Å². The van der Waals surface area contributed by atoms with Crippen LogP contribution in [-0.2, 0) is 0 Å². The summed E-state index contributed by atoms with van der Waals surface area (Å²) in [7, 11) is 5.76. The Labute approximate surface area is 145 Å². The number of anilines is 1. The topological polar surface area (TPSA) is 57.7 Å². The first-order valence-corrected chi connectivity index (χ1v) is 8.81. The lowest BCUT2D eigenvalue weighted by atomic mass is 9.90. The van der Waals surface area contributed by atoms with Gasteiger partial charge in [-0.05, 0) is 45.0 Å². The minimum absolute atomic E-state index is 0.168. The number of rotatable bonds is 7. The number of nitrogens with zero attached hydrogens (tertiary/aromatic N) is 3. The van der Waals surface area contributed by atoms with Gasteiger partial charge in [0, 0.05) is 26.3 Å². The summed E-state index contributed by atoms with van der Waals surface area (Å²) in [6.45, 7) is 2.17. The van der Waals surface area contributed by atoms with Crippen LogP contribution in [0.3, 0.4) is 0 Å². The minimum atomic E-state index is -0.168. The van der Waals surface area contributed by atoms with E-state index in [1.807, 2.05) is 31.1 Å². The van der Waals surface area contributed by atoms with E-state index in [9.17, 15) is 4.79 Å². The van der Waals surface area contributed by atoms with Crippen LogP contribution >= 0.6 is 0 Å². The van der Waals surface area contributed by atoms with E-state index < -0.39 is 0 Å². The standard InChI is InChI=1S/C18H30N4O2/c1-21(2)12-13-22(3)18(23)20-17-16(10-7-11-19-17)24-14-15-8-5-4-6-9-15/h7,10-11,15H,4-6,8-9,12-14H2,1-3H3,(H,19,20,23). The summed E-state index contributed by atoms with van der Waals surface area (Å²) in [5.41, 5.74) is 0. The number of hydrogen-bond acceptors (Lipinski definition) is 4. The van der Waals surface area contributed by atoms with Gasteiger partial charge >= 0.3 is 6.03 Å². The lowest BCUT2D eigenvalue weighted by Crippen LogP contribution is -2.36. The number of urea groups is 1. The van der Waals surface area contributed by atoms with Gasteiger partial charge in [-0.2, -0.15) is 0 Å². The number of hydrogen-bond donors (Lipinski definition) is 1. The molecular formula is C18H30N4O2. The molecule has 2 amide bonds. The highest BCUT2D eigenvalue weighted by Crippen LogP contribution is 2.27. The summed E-state index contributed by atoms with van der Waals surface area (Å²) in [5.74, 6) is 1.76. The highest BCUT2D eigenvalue weighted by Gasteiger charge is 2.16. The number of amides is 2. The molecule has 1 saturated carbocycles. The molecule has 0 saturated heterocycles. The SMILES string of the molecule is CN(C)CCN(C)C(=O)Nc1ncccc1OCC1CCCCC1. The van der Waals surface area contributed by atoms with Gasteiger partial charge in [-0.1, -0.05) is 19.3 Å². The molecule has 1 fully saturated rings. The molecule has 0 spiro atoms. The molecular weight excluding hydrogens is 304 g/mol. The molecule has 0 atom stereocenters. The fraction of sp³-hybridized carbons (Fsp3) is 0.667. The number of likely N-dealkylation sites (N-methyl/N-ethyl adjacent to an activating group) is 2. The first-order valence-electron chi connectivity index (χ1n) is 8.81. The average molecular weight is 334 g/mol. The van der Waals surface area contributed by atoms with Gasteiger partial charge in [-0.3, -0.25) is 5.32 Å². The second-order valence-corrected chi connectivity index (χ2v) is 6.82. The molecule has 0 aliphatic heterocycles. The third-order valence-corrected chi connectivity index (χ3v) is 4.42. The molecule has 134 valence electrons. The van der Waals surface area contributed by atoms with E-state index in [1.165, 1.54) is 32.1 Å². The molecule has 0 radical (unpaired) electrons. The van der Waals surface area contributed by atoms with Crippen LogP contribution in [0.2, 0.25) is 0 Å².